The Labute approximate surface area is 185 Å². The first-order chi connectivity index (χ1) is 15.2. The van der Waals surface area contributed by atoms with E-state index in [0.717, 1.165) is 30.4 Å². The number of ether oxygens (including phenoxy) is 1. The molecule has 0 bridgehead atoms. The molecule has 3 rings (SSSR count). The van der Waals surface area contributed by atoms with E-state index in [1.807, 2.05) is 28.8 Å². The maximum atomic E-state index is 12.6. The number of carbonyl (C=O) groups excluding carboxylic acids is 1. The van der Waals surface area contributed by atoms with Gasteiger partial charge in [0.25, 0.3) is 0 Å². The number of nitrogen functional groups attached to an aromatic ring is 1. The maximum Gasteiger partial charge on any atom is 0.344 e. The van der Waals surface area contributed by atoms with Gasteiger partial charge in [-0.2, -0.15) is 0 Å². The van der Waals surface area contributed by atoms with Gasteiger partial charge in [-0.3, -0.25) is 0 Å². The quantitative estimate of drug-likeness (QED) is 0.258. The zero-order valence-electron chi connectivity index (χ0n) is 19.0. The summed E-state index contributed by atoms with van der Waals surface area (Å²) in [6.07, 6.45) is 12.7. The lowest BCUT2D eigenvalue weighted by Crippen LogP contribution is -2.10. The number of aromatic nitrogens is 3. The van der Waals surface area contributed by atoms with Crippen LogP contribution < -0.4 is 5.73 Å². The number of nitrogens with two attached hydrogens (primary N) is 1. The van der Waals surface area contributed by atoms with E-state index >= 15 is 0 Å². The summed E-state index contributed by atoms with van der Waals surface area (Å²) in [4.78, 5) is 22.1. The molecule has 6 heteroatoms. The first kappa shape index (κ1) is 23.0. The molecule has 1 aromatic carbocycles. The molecule has 0 radical (unpaired) electrons. The van der Waals surface area contributed by atoms with Gasteiger partial charge in [-0.05, 0) is 25.5 Å². The highest BCUT2D eigenvalue weighted by molar-refractivity contribution is 6.08. The van der Waals surface area contributed by atoms with Crippen LogP contribution in [0.2, 0.25) is 0 Å². The van der Waals surface area contributed by atoms with Crippen molar-refractivity contribution >= 4 is 34.0 Å². The van der Waals surface area contributed by atoms with Crippen LogP contribution in [0.15, 0.2) is 24.3 Å². The molecule has 0 spiro atoms. The van der Waals surface area contributed by atoms with Gasteiger partial charge in [0.1, 0.15) is 16.9 Å². The number of rotatable bonds is 13. The van der Waals surface area contributed by atoms with E-state index in [9.17, 15) is 4.79 Å². The van der Waals surface area contributed by atoms with E-state index in [-0.39, 0.29) is 0 Å². The van der Waals surface area contributed by atoms with E-state index in [2.05, 4.69) is 6.92 Å². The Morgan fingerprint density at radius 2 is 1.48 bits per heavy atom. The van der Waals surface area contributed by atoms with Crippen LogP contribution >= 0.6 is 0 Å². The van der Waals surface area contributed by atoms with E-state index in [1.165, 1.54) is 51.4 Å². The van der Waals surface area contributed by atoms with Gasteiger partial charge in [-0.25, -0.2) is 14.8 Å². The second kappa shape index (κ2) is 11.7. The minimum Gasteiger partial charge on any atom is -0.462 e. The maximum absolute atomic E-state index is 12.6. The van der Waals surface area contributed by atoms with Crippen LogP contribution in [0.5, 0.6) is 0 Å². The molecule has 0 aliphatic rings. The van der Waals surface area contributed by atoms with Crippen molar-refractivity contribution < 1.29 is 9.53 Å². The summed E-state index contributed by atoms with van der Waals surface area (Å²) in [6.45, 7) is 5.07. The second-order valence-electron chi connectivity index (χ2n) is 8.20. The molecule has 6 nitrogen and oxygen atoms in total. The Morgan fingerprint density at radius 1 is 0.903 bits per heavy atom. The van der Waals surface area contributed by atoms with Gasteiger partial charge >= 0.3 is 5.97 Å². The molecule has 0 aliphatic carbocycles. The predicted molar refractivity (Wildman–Crippen MR) is 127 cm³/mol. The number of anilines is 1. The van der Waals surface area contributed by atoms with Gasteiger partial charge in [0.2, 0.25) is 0 Å². The summed E-state index contributed by atoms with van der Waals surface area (Å²) in [5, 5.41) is 0. The third-order valence-corrected chi connectivity index (χ3v) is 5.81. The number of hydrogen-bond acceptors (Lipinski definition) is 5. The predicted octanol–water partition coefficient (Wildman–Crippen LogP) is 6.26. The molecule has 2 N–H and O–H groups in total. The van der Waals surface area contributed by atoms with Gasteiger partial charge < -0.3 is 15.0 Å². The molecule has 0 aliphatic heterocycles. The molecule has 0 saturated heterocycles. The van der Waals surface area contributed by atoms with Crippen molar-refractivity contribution in [3.8, 4) is 0 Å². The number of fused-ring (bicyclic) bond motifs is 2. The highest BCUT2D eigenvalue weighted by atomic mass is 16.5. The fourth-order valence-electron chi connectivity index (χ4n) is 4.11. The van der Waals surface area contributed by atoms with Crippen molar-refractivity contribution in [1.82, 2.24) is 14.5 Å². The van der Waals surface area contributed by atoms with E-state index in [0.29, 0.717) is 29.2 Å². The van der Waals surface area contributed by atoms with Crippen LogP contribution in [0.3, 0.4) is 0 Å². The summed E-state index contributed by atoms with van der Waals surface area (Å²) in [5.41, 5.74) is 9.48. The van der Waals surface area contributed by atoms with Crippen molar-refractivity contribution in [2.45, 2.75) is 84.6 Å². The fourth-order valence-corrected chi connectivity index (χ4v) is 4.11. The van der Waals surface area contributed by atoms with Crippen LogP contribution in [0.1, 0.15) is 88.4 Å². The minimum atomic E-state index is -0.434. The molecule has 0 atom stereocenters. The van der Waals surface area contributed by atoms with Gasteiger partial charge in [0.15, 0.2) is 5.65 Å². The normalized spacial score (nSPS) is 11.4. The Kier molecular flexibility index (Phi) is 8.68. The van der Waals surface area contributed by atoms with Crippen molar-refractivity contribution in [3.63, 3.8) is 0 Å². The summed E-state index contributed by atoms with van der Waals surface area (Å²) in [6, 6.07) is 7.68. The molecule has 3 aromatic rings. The van der Waals surface area contributed by atoms with Gasteiger partial charge in [-0.1, -0.05) is 76.8 Å². The van der Waals surface area contributed by atoms with Gasteiger partial charge in [-0.15, -0.1) is 0 Å². The summed E-state index contributed by atoms with van der Waals surface area (Å²) >= 11 is 0. The molecule has 0 saturated carbocycles. The topological polar surface area (TPSA) is 83.0 Å². The standard InChI is InChI=1S/C25H36N4O2/c1-3-5-6-7-8-9-10-11-12-15-18-29-23(26)21(25(30)31-4-2)22-24(29)28-20-17-14-13-16-19(20)27-22/h13-14,16-17H,3-12,15,18,26H2,1-2H3. The Hall–Kier alpha value is -2.63. The number of unbranched alkanes of at least 4 members (excludes halogenated alkanes) is 9. The Bertz CT molecular complexity index is 996. The molecular weight excluding hydrogens is 388 g/mol. The van der Waals surface area contributed by atoms with Crippen LogP contribution in [0.4, 0.5) is 5.82 Å². The van der Waals surface area contributed by atoms with Crippen LogP contribution in [-0.4, -0.2) is 27.1 Å². The van der Waals surface area contributed by atoms with Crippen LogP contribution in [-0.2, 0) is 11.3 Å². The molecule has 2 heterocycles. The zero-order chi connectivity index (χ0) is 22.1. The third-order valence-electron chi connectivity index (χ3n) is 5.81. The molecule has 0 amide bonds. The van der Waals surface area contributed by atoms with E-state index < -0.39 is 5.97 Å². The number of aryl methyl sites for hydroxylation is 1. The summed E-state index contributed by atoms with van der Waals surface area (Å²) in [5.74, 6) is -0.0314. The smallest absolute Gasteiger partial charge is 0.344 e. The first-order valence-corrected chi connectivity index (χ1v) is 11.9. The fraction of sp³-hybridized carbons (Fsp3) is 0.560. The van der Waals surface area contributed by atoms with Crippen molar-refractivity contribution in [2.75, 3.05) is 12.3 Å². The second-order valence-corrected chi connectivity index (χ2v) is 8.20. The van der Waals surface area contributed by atoms with Crippen LogP contribution in [0.25, 0.3) is 22.2 Å². The minimum absolute atomic E-state index is 0.296. The Morgan fingerprint density at radius 3 is 2.10 bits per heavy atom. The molecule has 0 unspecified atom stereocenters. The third kappa shape index (κ3) is 5.75. The number of benzene rings is 1. The summed E-state index contributed by atoms with van der Waals surface area (Å²) < 4.78 is 7.18. The van der Waals surface area contributed by atoms with Crippen molar-refractivity contribution in [3.05, 3.63) is 29.8 Å². The number of para-hydroxylation sites is 2. The number of carbonyl (C=O) groups is 1. The monoisotopic (exact) mass is 424 g/mol. The lowest BCUT2D eigenvalue weighted by molar-refractivity contribution is 0.0529. The molecular formula is C25H36N4O2. The average Bonchev–Trinajstić information content (AvgIpc) is 3.04. The Balaban J connectivity index is 1.67. The van der Waals surface area contributed by atoms with E-state index in [4.69, 9.17) is 20.4 Å². The highest BCUT2D eigenvalue weighted by Gasteiger charge is 2.24. The van der Waals surface area contributed by atoms with Crippen molar-refractivity contribution in [2.24, 2.45) is 0 Å². The number of hydrogen-bond donors (Lipinski definition) is 1. The lowest BCUT2D eigenvalue weighted by atomic mass is 10.1. The van der Waals surface area contributed by atoms with Gasteiger partial charge in [0.05, 0.1) is 17.6 Å². The van der Waals surface area contributed by atoms with E-state index in [1.54, 1.807) is 6.92 Å². The summed E-state index contributed by atoms with van der Waals surface area (Å²) in [7, 11) is 0. The molecule has 2 aromatic heterocycles. The highest BCUT2D eigenvalue weighted by Crippen LogP contribution is 2.29. The SMILES string of the molecule is CCCCCCCCCCCCn1c(N)c(C(=O)OCC)c2nc3ccccc3nc21. The zero-order valence-corrected chi connectivity index (χ0v) is 19.0. The van der Waals surface area contributed by atoms with Crippen molar-refractivity contribution in [1.29, 1.82) is 0 Å². The largest absolute Gasteiger partial charge is 0.462 e. The van der Waals surface area contributed by atoms with Crippen LogP contribution in [0, 0.1) is 0 Å². The molecule has 0 fully saturated rings. The average molecular weight is 425 g/mol. The molecule has 31 heavy (non-hydrogen) atoms. The van der Waals surface area contributed by atoms with Gasteiger partial charge in [0, 0.05) is 6.54 Å². The lowest BCUT2D eigenvalue weighted by Gasteiger charge is -2.08. The number of nitrogens with zero attached hydrogens (tertiary/aromatic N) is 3. The number of esters is 1. The first-order valence-electron chi connectivity index (χ1n) is 11.9. The molecule has 168 valence electrons.